The molecule has 1 unspecified atom stereocenters. The largest absolute Gasteiger partial charge is 0.331 e. The molecule has 2 rings (SSSR count). The van der Waals surface area contributed by atoms with Crippen LogP contribution < -0.4 is 5.32 Å². The Morgan fingerprint density at radius 1 is 1.38 bits per heavy atom. The SMILES string of the molecule is Cc1cc(C(C)NC2CCN(C(=O)N(C)C)CC2)c(C)s1. The van der Waals surface area contributed by atoms with Crippen molar-refractivity contribution in [1.29, 1.82) is 0 Å². The lowest BCUT2D eigenvalue weighted by molar-refractivity contribution is 0.151. The first-order chi connectivity index (χ1) is 9.88. The highest BCUT2D eigenvalue weighted by molar-refractivity contribution is 7.12. The first-order valence-corrected chi connectivity index (χ1v) is 8.49. The molecule has 1 N–H and O–H groups in total. The highest BCUT2D eigenvalue weighted by Crippen LogP contribution is 2.27. The second kappa shape index (κ2) is 6.79. The molecular weight excluding hydrogens is 282 g/mol. The summed E-state index contributed by atoms with van der Waals surface area (Å²) in [6.45, 7) is 8.31. The molecule has 0 radical (unpaired) electrons. The van der Waals surface area contributed by atoms with Crippen LogP contribution in [0.15, 0.2) is 6.07 Å². The number of carbonyl (C=O) groups is 1. The quantitative estimate of drug-likeness (QED) is 0.931. The minimum absolute atomic E-state index is 0.130. The van der Waals surface area contributed by atoms with Gasteiger partial charge >= 0.3 is 6.03 Å². The smallest absolute Gasteiger partial charge is 0.319 e. The van der Waals surface area contributed by atoms with Crippen molar-refractivity contribution in [3.8, 4) is 0 Å². The first kappa shape index (κ1) is 16.3. The summed E-state index contributed by atoms with van der Waals surface area (Å²) in [7, 11) is 3.63. The molecule has 0 aromatic carbocycles. The number of rotatable bonds is 3. The second-order valence-electron chi connectivity index (χ2n) is 6.20. The van der Waals surface area contributed by atoms with Crippen LogP contribution in [0.1, 0.15) is 41.1 Å². The Balaban J connectivity index is 1.86. The number of nitrogens with one attached hydrogen (secondary N) is 1. The summed E-state index contributed by atoms with van der Waals surface area (Å²) < 4.78 is 0. The van der Waals surface area contributed by atoms with E-state index >= 15 is 0 Å². The van der Waals surface area contributed by atoms with Crippen LogP contribution in [0.3, 0.4) is 0 Å². The summed E-state index contributed by atoms with van der Waals surface area (Å²) in [5, 5.41) is 3.73. The van der Waals surface area contributed by atoms with E-state index in [0.29, 0.717) is 12.1 Å². The minimum Gasteiger partial charge on any atom is -0.331 e. The highest BCUT2D eigenvalue weighted by Gasteiger charge is 2.25. The predicted molar refractivity (Wildman–Crippen MR) is 89.0 cm³/mol. The number of likely N-dealkylation sites (tertiary alicyclic amines) is 1. The molecule has 4 nitrogen and oxygen atoms in total. The van der Waals surface area contributed by atoms with Gasteiger partial charge in [0, 0.05) is 49.0 Å². The molecule has 1 aromatic rings. The van der Waals surface area contributed by atoms with Crippen molar-refractivity contribution in [2.24, 2.45) is 0 Å². The van der Waals surface area contributed by atoms with Crippen molar-refractivity contribution >= 4 is 17.4 Å². The van der Waals surface area contributed by atoms with E-state index in [-0.39, 0.29) is 6.03 Å². The zero-order chi connectivity index (χ0) is 15.6. The lowest BCUT2D eigenvalue weighted by Crippen LogP contribution is -2.48. The van der Waals surface area contributed by atoms with Crippen LogP contribution in [0, 0.1) is 13.8 Å². The van der Waals surface area contributed by atoms with Crippen molar-refractivity contribution in [3.63, 3.8) is 0 Å². The van der Waals surface area contributed by atoms with Crippen molar-refractivity contribution in [3.05, 3.63) is 21.4 Å². The van der Waals surface area contributed by atoms with Gasteiger partial charge in [0.05, 0.1) is 0 Å². The van der Waals surface area contributed by atoms with Gasteiger partial charge in [-0.2, -0.15) is 0 Å². The van der Waals surface area contributed by atoms with Gasteiger partial charge < -0.3 is 15.1 Å². The Morgan fingerprint density at radius 3 is 2.48 bits per heavy atom. The highest BCUT2D eigenvalue weighted by atomic mass is 32.1. The van der Waals surface area contributed by atoms with Crippen LogP contribution in [-0.4, -0.2) is 49.1 Å². The average molecular weight is 309 g/mol. The summed E-state index contributed by atoms with van der Waals surface area (Å²) in [4.78, 5) is 18.3. The van der Waals surface area contributed by atoms with E-state index in [9.17, 15) is 4.79 Å². The zero-order valence-corrected chi connectivity index (χ0v) is 14.6. The van der Waals surface area contributed by atoms with Gasteiger partial charge in [0.2, 0.25) is 0 Å². The van der Waals surface area contributed by atoms with Gasteiger partial charge in [0.25, 0.3) is 0 Å². The summed E-state index contributed by atoms with van der Waals surface area (Å²) >= 11 is 1.87. The third-order valence-corrected chi connectivity index (χ3v) is 5.16. The number of hydrogen-bond acceptors (Lipinski definition) is 3. The fraction of sp³-hybridized carbons (Fsp3) is 0.688. The van der Waals surface area contributed by atoms with E-state index in [2.05, 4.69) is 32.2 Å². The number of amides is 2. The van der Waals surface area contributed by atoms with Gasteiger partial charge in [-0.05, 0) is 45.2 Å². The van der Waals surface area contributed by atoms with Gasteiger partial charge in [-0.1, -0.05) is 0 Å². The lowest BCUT2D eigenvalue weighted by atomic mass is 10.0. The van der Waals surface area contributed by atoms with Gasteiger partial charge in [-0.15, -0.1) is 11.3 Å². The van der Waals surface area contributed by atoms with E-state index in [4.69, 9.17) is 0 Å². The number of thiophene rings is 1. The number of nitrogens with zero attached hydrogens (tertiary/aromatic N) is 2. The second-order valence-corrected chi connectivity index (χ2v) is 7.66. The normalized spacial score (nSPS) is 17.9. The van der Waals surface area contributed by atoms with Gasteiger partial charge in [-0.3, -0.25) is 0 Å². The summed E-state index contributed by atoms with van der Waals surface area (Å²) in [5.41, 5.74) is 1.42. The molecule has 0 bridgehead atoms. The van der Waals surface area contributed by atoms with Gasteiger partial charge in [0.15, 0.2) is 0 Å². The third kappa shape index (κ3) is 3.98. The minimum atomic E-state index is 0.130. The molecule has 1 aliphatic heterocycles. The van der Waals surface area contributed by atoms with Crippen LogP contribution in [0.4, 0.5) is 4.79 Å². The van der Waals surface area contributed by atoms with E-state index in [0.717, 1.165) is 25.9 Å². The molecule has 118 valence electrons. The average Bonchev–Trinajstić information content (AvgIpc) is 2.77. The van der Waals surface area contributed by atoms with Crippen molar-refractivity contribution < 1.29 is 4.79 Å². The Labute approximate surface area is 132 Å². The number of carbonyl (C=O) groups excluding carboxylic acids is 1. The Hall–Kier alpha value is -1.07. The molecule has 2 amide bonds. The topological polar surface area (TPSA) is 35.6 Å². The third-order valence-electron chi connectivity index (χ3n) is 4.18. The fourth-order valence-electron chi connectivity index (χ4n) is 3.04. The number of aryl methyl sites for hydroxylation is 2. The maximum atomic E-state index is 11.9. The van der Waals surface area contributed by atoms with Gasteiger partial charge in [-0.25, -0.2) is 4.79 Å². The number of urea groups is 1. The lowest BCUT2D eigenvalue weighted by Gasteiger charge is -2.35. The van der Waals surface area contributed by atoms with Crippen LogP contribution in [0.5, 0.6) is 0 Å². The van der Waals surface area contributed by atoms with E-state index < -0.39 is 0 Å². The van der Waals surface area contributed by atoms with Crippen LogP contribution in [0.2, 0.25) is 0 Å². The standard InChI is InChI=1S/C16H27N3OS/c1-11-10-15(13(3)21-11)12(2)17-14-6-8-19(9-7-14)16(20)18(4)5/h10,12,14,17H,6-9H2,1-5H3. The molecule has 1 saturated heterocycles. The molecular formula is C16H27N3OS. The molecule has 0 saturated carbocycles. The van der Waals surface area contributed by atoms with E-state index in [1.165, 1.54) is 15.3 Å². The van der Waals surface area contributed by atoms with Crippen LogP contribution in [-0.2, 0) is 0 Å². The molecule has 1 aliphatic rings. The van der Waals surface area contributed by atoms with Crippen molar-refractivity contribution in [2.45, 2.75) is 45.7 Å². The Bertz CT molecular complexity index is 490. The predicted octanol–water partition coefficient (Wildman–Crippen LogP) is 3.16. The fourth-order valence-corrected chi connectivity index (χ4v) is 4.07. The Morgan fingerprint density at radius 2 is 2.00 bits per heavy atom. The zero-order valence-electron chi connectivity index (χ0n) is 13.8. The molecule has 1 atom stereocenters. The van der Waals surface area contributed by atoms with Crippen molar-refractivity contribution in [1.82, 2.24) is 15.1 Å². The molecule has 21 heavy (non-hydrogen) atoms. The first-order valence-electron chi connectivity index (χ1n) is 7.67. The molecule has 0 aliphatic carbocycles. The molecule has 1 aromatic heterocycles. The Kier molecular flexibility index (Phi) is 5.27. The van der Waals surface area contributed by atoms with E-state index in [1.807, 2.05) is 30.3 Å². The van der Waals surface area contributed by atoms with Crippen LogP contribution in [0.25, 0.3) is 0 Å². The maximum Gasteiger partial charge on any atom is 0.319 e. The molecule has 1 fully saturated rings. The van der Waals surface area contributed by atoms with Gasteiger partial charge in [0.1, 0.15) is 0 Å². The van der Waals surface area contributed by atoms with Crippen LogP contribution >= 0.6 is 11.3 Å². The molecule has 2 heterocycles. The number of hydrogen-bond donors (Lipinski definition) is 1. The summed E-state index contributed by atoms with van der Waals surface area (Å²) in [6.07, 6.45) is 2.07. The monoisotopic (exact) mass is 309 g/mol. The van der Waals surface area contributed by atoms with Crippen molar-refractivity contribution in [2.75, 3.05) is 27.2 Å². The molecule has 0 spiro atoms. The number of piperidine rings is 1. The summed E-state index contributed by atoms with van der Waals surface area (Å²) in [5.74, 6) is 0. The maximum absolute atomic E-state index is 11.9. The summed E-state index contributed by atoms with van der Waals surface area (Å²) in [6, 6.07) is 3.32. The molecule has 5 heteroatoms. The van der Waals surface area contributed by atoms with E-state index in [1.54, 1.807) is 4.90 Å².